The van der Waals surface area contributed by atoms with Crippen LogP contribution >= 0.6 is 0 Å². The largest absolute Gasteiger partial charge is 0.496 e. The third kappa shape index (κ3) is 1.39. The summed E-state index contributed by atoms with van der Waals surface area (Å²) in [4.78, 5) is 0. The van der Waals surface area contributed by atoms with Crippen molar-refractivity contribution in [2.45, 2.75) is 6.92 Å². The summed E-state index contributed by atoms with van der Waals surface area (Å²) < 4.78 is 5.07. The van der Waals surface area contributed by atoms with Crippen LogP contribution in [0.15, 0.2) is 12.1 Å². The number of rotatable bonds is 2. The summed E-state index contributed by atoms with van der Waals surface area (Å²) in [6, 6.07) is 3.68. The second-order valence-electron chi connectivity index (χ2n) is 2.61. The fourth-order valence-corrected chi connectivity index (χ4v) is 1.11. The van der Waals surface area contributed by atoms with Gasteiger partial charge in [-0.2, -0.15) is 0 Å². The fourth-order valence-electron chi connectivity index (χ4n) is 1.11. The van der Waals surface area contributed by atoms with Crippen LogP contribution in [0.3, 0.4) is 0 Å². The predicted molar refractivity (Wildman–Crippen MR) is 50.0 cm³/mol. The number of benzene rings is 1. The molecule has 1 rings (SSSR count). The lowest BCUT2D eigenvalue weighted by molar-refractivity contribution is 0.414. The Balaban J connectivity index is 3.33. The van der Waals surface area contributed by atoms with E-state index in [1.54, 1.807) is 7.11 Å². The van der Waals surface area contributed by atoms with Gasteiger partial charge in [0.1, 0.15) is 5.75 Å². The number of aryl methyl sites for hydroxylation is 1. The van der Waals surface area contributed by atoms with Crippen LogP contribution in [-0.2, 0) is 0 Å². The summed E-state index contributed by atoms with van der Waals surface area (Å²) >= 11 is 0. The molecule has 0 saturated heterocycles. The van der Waals surface area contributed by atoms with E-state index in [9.17, 15) is 0 Å². The minimum atomic E-state index is 0.585. The molecule has 0 bridgehead atoms. The van der Waals surface area contributed by atoms with Crippen molar-refractivity contribution in [1.82, 2.24) is 0 Å². The van der Waals surface area contributed by atoms with Crippen LogP contribution in [0.5, 0.6) is 5.75 Å². The number of anilines is 1. The van der Waals surface area contributed by atoms with Gasteiger partial charge in [-0.1, -0.05) is 0 Å². The van der Waals surface area contributed by atoms with Crippen LogP contribution in [0, 0.1) is 12.3 Å². The molecule has 3 nitrogen and oxygen atoms in total. The van der Waals surface area contributed by atoms with Crippen molar-refractivity contribution in [2.24, 2.45) is 0 Å². The quantitative estimate of drug-likeness (QED) is 0.515. The molecule has 0 saturated carbocycles. The van der Waals surface area contributed by atoms with Crippen LogP contribution in [0.2, 0.25) is 0 Å². The van der Waals surface area contributed by atoms with Crippen molar-refractivity contribution in [2.75, 3.05) is 12.8 Å². The average molecular weight is 164 g/mol. The number of hydrogen-bond acceptors (Lipinski definition) is 3. The van der Waals surface area contributed by atoms with E-state index in [1.807, 2.05) is 19.1 Å². The first-order valence-electron chi connectivity index (χ1n) is 3.63. The second kappa shape index (κ2) is 3.26. The molecule has 12 heavy (non-hydrogen) atoms. The van der Waals surface area contributed by atoms with Crippen LogP contribution in [0.1, 0.15) is 11.1 Å². The second-order valence-corrected chi connectivity index (χ2v) is 2.61. The molecule has 0 radical (unpaired) electrons. The Bertz CT molecular complexity index is 308. The molecule has 0 atom stereocenters. The summed E-state index contributed by atoms with van der Waals surface area (Å²) in [7, 11) is 1.57. The van der Waals surface area contributed by atoms with E-state index in [-0.39, 0.29) is 0 Å². The maximum Gasteiger partial charge on any atom is 0.129 e. The molecular formula is C9H12N2O. The first kappa shape index (κ1) is 8.59. The minimum absolute atomic E-state index is 0.585. The molecule has 0 aliphatic rings. The molecule has 0 aliphatic heterocycles. The zero-order valence-electron chi connectivity index (χ0n) is 7.22. The smallest absolute Gasteiger partial charge is 0.129 e. The number of nitrogen functional groups attached to an aromatic ring is 1. The molecule has 1 aromatic rings. The van der Waals surface area contributed by atoms with E-state index in [0.29, 0.717) is 17.0 Å². The van der Waals surface area contributed by atoms with Crippen molar-refractivity contribution >= 4 is 11.9 Å². The van der Waals surface area contributed by atoms with Gasteiger partial charge >= 0.3 is 0 Å². The van der Waals surface area contributed by atoms with Gasteiger partial charge in [0, 0.05) is 11.9 Å². The van der Waals surface area contributed by atoms with Gasteiger partial charge in [0.25, 0.3) is 0 Å². The SMILES string of the molecule is COc1cc(C)cc(N)c1C=N. The first-order valence-corrected chi connectivity index (χ1v) is 3.63. The van der Waals surface area contributed by atoms with Gasteiger partial charge < -0.3 is 15.9 Å². The third-order valence-electron chi connectivity index (χ3n) is 1.68. The highest BCUT2D eigenvalue weighted by Crippen LogP contribution is 2.24. The van der Waals surface area contributed by atoms with Crippen LogP contribution in [0.4, 0.5) is 5.69 Å². The number of methoxy groups -OCH3 is 1. The van der Waals surface area contributed by atoms with Gasteiger partial charge in [-0.25, -0.2) is 0 Å². The Morgan fingerprint density at radius 3 is 2.67 bits per heavy atom. The normalized spacial score (nSPS) is 9.50. The standard InChI is InChI=1S/C9H12N2O/c1-6-3-8(11)7(5-10)9(4-6)12-2/h3-5,10H,11H2,1-2H3. The molecule has 3 heteroatoms. The highest BCUT2D eigenvalue weighted by atomic mass is 16.5. The highest BCUT2D eigenvalue weighted by molar-refractivity contribution is 5.89. The number of hydrogen-bond donors (Lipinski definition) is 2. The van der Waals surface area contributed by atoms with Crippen molar-refractivity contribution in [3.63, 3.8) is 0 Å². The van der Waals surface area contributed by atoms with Gasteiger partial charge in [-0.15, -0.1) is 0 Å². The van der Waals surface area contributed by atoms with E-state index >= 15 is 0 Å². The van der Waals surface area contributed by atoms with Gasteiger partial charge in [0.15, 0.2) is 0 Å². The average Bonchev–Trinajstić information content (AvgIpc) is 2.03. The number of nitrogens with two attached hydrogens (primary N) is 1. The number of ether oxygens (including phenoxy) is 1. The molecule has 0 unspecified atom stereocenters. The molecule has 0 fully saturated rings. The first-order chi connectivity index (χ1) is 5.69. The Hall–Kier alpha value is -1.51. The molecule has 0 aliphatic carbocycles. The zero-order chi connectivity index (χ0) is 9.14. The van der Waals surface area contributed by atoms with Crippen molar-refractivity contribution < 1.29 is 4.74 Å². The molecule has 3 N–H and O–H groups in total. The Morgan fingerprint density at radius 1 is 1.50 bits per heavy atom. The monoisotopic (exact) mass is 164 g/mol. The molecular weight excluding hydrogens is 152 g/mol. The molecule has 0 spiro atoms. The van der Waals surface area contributed by atoms with Crippen LogP contribution in [-0.4, -0.2) is 13.3 Å². The van der Waals surface area contributed by atoms with E-state index < -0.39 is 0 Å². The van der Waals surface area contributed by atoms with E-state index in [1.165, 1.54) is 6.21 Å². The maximum atomic E-state index is 7.11. The van der Waals surface area contributed by atoms with Crippen molar-refractivity contribution in [3.8, 4) is 5.75 Å². The summed E-state index contributed by atoms with van der Waals surface area (Å²) in [5.41, 5.74) is 7.94. The Kier molecular flexibility index (Phi) is 2.33. The van der Waals surface area contributed by atoms with Gasteiger partial charge in [0.05, 0.1) is 12.7 Å². The summed E-state index contributed by atoms with van der Waals surface area (Å²) in [5.74, 6) is 0.655. The van der Waals surface area contributed by atoms with Crippen LogP contribution in [0.25, 0.3) is 0 Å². The lowest BCUT2D eigenvalue weighted by Crippen LogP contribution is -1.97. The van der Waals surface area contributed by atoms with Gasteiger partial charge in [-0.05, 0) is 24.6 Å². The molecule has 1 aromatic carbocycles. The minimum Gasteiger partial charge on any atom is -0.496 e. The maximum absolute atomic E-state index is 7.11. The zero-order valence-corrected chi connectivity index (χ0v) is 7.22. The lowest BCUT2D eigenvalue weighted by Gasteiger charge is -2.07. The molecule has 64 valence electrons. The van der Waals surface area contributed by atoms with Crippen molar-refractivity contribution in [3.05, 3.63) is 23.3 Å². The molecule has 0 heterocycles. The number of nitrogens with one attached hydrogen (secondary N) is 1. The molecule has 0 aromatic heterocycles. The predicted octanol–water partition coefficient (Wildman–Crippen LogP) is 1.58. The molecule has 0 amide bonds. The summed E-state index contributed by atoms with van der Waals surface area (Å²) in [6.45, 7) is 1.94. The highest BCUT2D eigenvalue weighted by Gasteiger charge is 2.04. The Morgan fingerprint density at radius 2 is 2.17 bits per heavy atom. The fraction of sp³-hybridized carbons (Fsp3) is 0.222. The summed E-state index contributed by atoms with van der Waals surface area (Å²) in [6.07, 6.45) is 1.20. The summed E-state index contributed by atoms with van der Waals surface area (Å²) in [5, 5.41) is 7.11. The van der Waals surface area contributed by atoms with Gasteiger partial charge in [-0.3, -0.25) is 0 Å². The topological polar surface area (TPSA) is 59.1 Å². The van der Waals surface area contributed by atoms with E-state index in [4.69, 9.17) is 15.9 Å². The van der Waals surface area contributed by atoms with E-state index in [2.05, 4.69) is 0 Å². The lowest BCUT2D eigenvalue weighted by atomic mass is 10.1. The third-order valence-corrected chi connectivity index (χ3v) is 1.68. The van der Waals surface area contributed by atoms with Crippen LogP contribution < -0.4 is 10.5 Å². The van der Waals surface area contributed by atoms with E-state index in [0.717, 1.165) is 5.56 Å². The van der Waals surface area contributed by atoms with Gasteiger partial charge in [0.2, 0.25) is 0 Å². The Labute approximate surface area is 71.7 Å². The van der Waals surface area contributed by atoms with Crippen molar-refractivity contribution in [1.29, 1.82) is 5.41 Å².